The Balaban J connectivity index is 1.68. The lowest BCUT2D eigenvalue weighted by Gasteiger charge is -2.08. The third-order valence-corrected chi connectivity index (χ3v) is 4.26. The van der Waals surface area contributed by atoms with Crippen LogP contribution < -0.4 is 4.74 Å². The third-order valence-electron chi connectivity index (χ3n) is 4.26. The normalized spacial score (nSPS) is 11.4. The van der Waals surface area contributed by atoms with Crippen molar-refractivity contribution in [2.45, 2.75) is 19.4 Å². The highest BCUT2D eigenvalue weighted by Gasteiger charge is 2.09. The van der Waals surface area contributed by atoms with Crippen LogP contribution in [-0.4, -0.2) is 17.2 Å². The Morgan fingerprint density at radius 3 is 2.07 bits per heavy atom. The van der Waals surface area contributed by atoms with E-state index in [2.05, 4.69) is 5.92 Å². The monoisotopic (exact) mass is 356 g/mol. The predicted octanol–water partition coefficient (Wildman–Crippen LogP) is 4.42. The Bertz CT molecular complexity index is 947. The van der Waals surface area contributed by atoms with E-state index in [0.717, 1.165) is 22.3 Å². The number of hydrogen-bond donors (Lipinski definition) is 1. The molecule has 1 N–H and O–H groups in total. The van der Waals surface area contributed by atoms with Crippen molar-refractivity contribution in [3.8, 4) is 29.2 Å². The van der Waals surface area contributed by atoms with Crippen molar-refractivity contribution in [1.82, 2.24) is 0 Å². The van der Waals surface area contributed by atoms with E-state index in [0.29, 0.717) is 17.7 Å². The molecule has 3 rings (SSSR count). The average Bonchev–Trinajstić information content (AvgIpc) is 2.70. The molecule has 0 spiro atoms. The van der Waals surface area contributed by atoms with Gasteiger partial charge in [0.25, 0.3) is 0 Å². The molecule has 0 aliphatic rings. The lowest BCUT2D eigenvalue weighted by Crippen LogP contribution is -2.08. The van der Waals surface area contributed by atoms with Crippen molar-refractivity contribution >= 4 is 5.97 Å². The summed E-state index contributed by atoms with van der Waals surface area (Å²) in [6.07, 6.45) is 4.86. The van der Waals surface area contributed by atoms with E-state index in [4.69, 9.17) is 11.2 Å². The van der Waals surface area contributed by atoms with Gasteiger partial charge in [0.2, 0.25) is 0 Å². The van der Waals surface area contributed by atoms with E-state index in [-0.39, 0.29) is 5.97 Å². The summed E-state index contributed by atoms with van der Waals surface area (Å²) in [6, 6.07) is 22.5. The molecule has 0 bridgehead atoms. The summed E-state index contributed by atoms with van der Waals surface area (Å²) >= 11 is 0. The highest BCUT2D eigenvalue weighted by molar-refractivity contribution is 5.91. The number of esters is 1. The van der Waals surface area contributed by atoms with Crippen molar-refractivity contribution in [3.05, 3.63) is 89.5 Å². The van der Waals surface area contributed by atoms with Gasteiger partial charge in [-0.15, -0.1) is 6.42 Å². The van der Waals surface area contributed by atoms with E-state index in [9.17, 15) is 9.90 Å². The van der Waals surface area contributed by atoms with Gasteiger partial charge in [0, 0.05) is 6.42 Å². The van der Waals surface area contributed by atoms with Crippen LogP contribution in [0.25, 0.3) is 11.1 Å². The second-order valence-corrected chi connectivity index (χ2v) is 6.36. The Kier molecular flexibility index (Phi) is 5.71. The molecule has 1 atom stereocenters. The molecule has 0 fully saturated rings. The minimum atomic E-state index is -0.769. The largest absolute Gasteiger partial charge is 0.423 e. The van der Waals surface area contributed by atoms with Crippen LogP contribution in [0.15, 0.2) is 72.8 Å². The van der Waals surface area contributed by atoms with E-state index >= 15 is 0 Å². The second-order valence-electron chi connectivity index (χ2n) is 6.36. The summed E-state index contributed by atoms with van der Waals surface area (Å²) in [5.74, 6) is 2.45. The van der Waals surface area contributed by atoms with Crippen LogP contribution in [0.5, 0.6) is 5.75 Å². The molecule has 134 valence electrons. The van der Waals surface area contributed by atoms with Crippen LogP contribution in [0, 0.1) is 19.3 Å². The molecule has 0 radical (unpaired) electrons. The quantitative estimate of drug-likeness (QED) is 0.418. The van der Waals surface area contributed by atoms with Gasteiger partial charge in [-0.2, -0.15) is 0 Å². The summed E-state index contributed by atoms with van der Waals surface area (Å²) in [7, 11) is 0. The first-order valence-electron chi connectivity index (χ1n) is 8.67. The van der Waals surface area contributed by atoms with Gasteiger partial charge in [0.1, 0.15) is 11.9 Å². The topological polar surface area (TPSA) is 46.5 Å². The van der Waals surface area contributed by atoms with E-state index in [1.54, 1.807) is 24.3 Å². The number of hydrogen-bond acceptors (Lipinski definition) is 3. The number of aryl methyl sites for hydroxylation is 1. The molecule has 0 aliphatic heterocycles. The van der Waals surface area contributed by atoms with E-state index in [1.165, 1.54) is 0 Å². The predicted molar refractivity (Wildman–Crippen MR) is 107 cm³/mol. The van der Waals surface area contributed by atoms with Gasteiger partial charge in [-0.05, 0) is 47.9 Å². The molecule has 0 aromatic heterocycles. The molecule has 3 aromatic carbocycles. The smallest absolute Gasteiger partial charge is 0.343 e. The summed E-state index contributed by atoms with van der Waals surface area (Å²) in [6.45, 7) is 1.98. The van der Waals surface area contributed by atoms with Gasteiger partial charge < -0.3 is 9.84 Å². The van der Waals surface area contributed by atoms with Crippen LogP contribution in [0.1, 0.15) is 21.5 Å². The molecule has 0 heterocycles. The maximum atomic E-state index is 12.3. The van der Waals surface area contributed by atoms with Gasteiger partial charge in [0.05, 0.1) is 5.56 Å². The van der Waals surface area contributed by atoms with Gasteiger partial charge in [-0.1, -0.05) is 60.0 Å². The van der Waals surface area contributed by atoms with Crippen molar-refractivity contribution in [2.24, 2.45) is 0 Å². The number of carbonyl (C=O) groups is 1. The zero-order valence-electron chi connectivity index (χ0n) is 15.1. The molecule has 0 saturated carbocycles. The van der Waals surface area contributed by atoms with Crippen molar-refractivity contribution < 1.29 is 14.6 Å². The highest BCUT2D eigenvalue weighted by atomic mass is 16.5. The molecule has 0 amide bonds. The number of benzene rings is 3. The number of aliphatic hydroxyl groups excluding tert-OH is 1. The molecule has 0 saturated heterocycles. The number of aliphatic hydroxyl groups is 1. The van der Waals surface area contributed by atoms with Gasteiger partial charge in [-0.25, -0.2) is 4.79 Å². The fourth-order valence-electron chi connectivity index (χ4n) is 2.69. The van der Waals surface area contributed by atoms with Gasteiger partial charge in [0.15, 0.2) is 0 Å². The van der Waals surface area contributed by atoms with Crippen molar-refractivity contribution in [2.75, 3.05) is 0 Å². The number of terminal acetylenes is 1. The van der Waals surface area contributed by atoms with E-state index in [1.807, 2.05) is 55.5 Å². The van der Waals surface area contributed by atoms with Crippen LogP contribution in [0.4, 0.5) is 0 Å². The highest BCUT2D eigenvalue weighted by Crippen LogP contribution is 2.22. The minimum Gasteiger partial charge on any atom is -0.423 e. The first-order chi connectivity index (χ1) is 13.0. The molecule has 3 nitrogen and oxygen atoms in total. The molecular formula is C24H20O3. The molecular weight excluding hydrogens is 336 g/mol. The summed E-state index contributed by atoms with van der Waals surface area (Å²) < 4.78 is 5.39. The Hall–Kier alpha value is -3.35. The summed E-state index contributed by atoms with van der Waals surface area (Å²) in [5.41, 5.74) is 4.59. The maximum Gasteiger partial charge on any atom is 0.343 e. The molecule has 0 aliphatic carbocycles. The molecule has 27 heavy (non-hydrogen) atoms. The first-order valence-corrected chi connectivity index (χ1v) is 8.67. The summed E-state index contributed by atoms with van der Waals surface area (Å²) in [5, 5.41) is 9.52. The third kappa shape index (κ3) is 4.84. The zero-order chi connectivity index (χ0) is 19.2. The van der Waals surface area contributed by atoms with Gasteiger partial charge >= 0.3 is 5.97 Å². The Morgan fingerprint density at radius 1 is 0.963 bits per heavy atom. The average molecular weight is 356 g/mol. The standard InChI is InChI=1S/C24H20O3/c1-3-22(25)16-18-6-8-19(9-7-18)20-10-12-21(13-11-20)24(26)27-23-14-4-17(2)5-15-23/h1,4-15,22,25H,16H2,2H3. The first kappa shape index (κ1) is 18.4. The maximum absolute atomic E-state index is 12.3. The minimum absolute atomic E-state index is 0.385. The second kappa shape index (κ2) is 8.35. The van der Waals surface area contributed by atoms with Crippen molar-refractivity contribution in [1.29, 1.82) is 0 Å². The van der Waals surface area contributed by atoms with Crippen LogP contribution in [0.2, 0.25) is 0 Å². The number of rotatable bonds is 5. The van der Waals surface area contributed by atoms with Crippen LogP contribution in [-0.2, 0) is 6.42 Å². The molecule has 1 unspecified atom stereocenters. The Labute approximate surface area is 159 Å². The fourth-order valence-corrected chi connectivity index (χ4v) is 2.69. The Morgan fingerprint density at radius 2 is 1.52 bits per heavy atom. The molecule has 3 heteroatoms. The SMILES string of the molecule is C#CC(O)Cc1ccc(-c2ccc(C(=O)Oc3ccc(C)cc3)cc2)cc1. The summed E-state index contributed by atoms with van der Waals surface area (Å²) in [4.78, 5) is 12.3. The molecule has 3 aromatic rings. The lowest BCUT2D eigenvalue weighted by atomic mass is 10.0. The fraction of sp³-hybridized carbons (Fsp3) is 0.125. The van der Waals surface area contributed by atoms with E-state index < -0.39 is 6.10 Å². The van der Waals surface area contributed by atoms with Gasteiger partial charge in [-0.3, -0.25) is 0 Å². The zero-order valence-corrected chi connectivity index (χ0v) is 15.1. The number of ether oxygens (including phenoxy) is 1. The number of carbonyl (C=O) groups excluding carboxylic acids is 1. The van der Waals surface area contributed by atoms with Crippen molar-refractivity contribution in [3.63, 3.8) is 0 Å². The van der Waals surface area contributed by atoms with Crippen LogP contribution >= 0.6 is 0 Å². The van der Waals surface area contributed by atoms with Crippen LogP contribution in [0.3, 0.4) is 0 Å². The lowest BCUT2D eigenvalue weighted by molar-refractivity contribution is 0.0734.